The number of rotatable bonds is 13. The zero-order valence-electron chi connectivity index (χ0n) is 20.1. The summed E-state index contributed by atoms with van der Waals surface area (Å²) in [5.74, 6) is -0.391. The zero-order chi connectivity index (χ0) is 26.7. The molecule has 0 aliphatic rings. The molecule has 0 saturated carbocycles. The summed E-state index contributed by atoms with van der Waals surface area (Å²) in [6.07, 6.45) is -0.318. The van der Waals surface area contributed by atoms with Crippen LogP contribution in [0.25, 0.3) is 0 Å². The van der Waals surface area contributed by atoms with Gasteiger partial charge in [-0.1, -0.05) is 42.5 Å². The zero-order valence-corrected chi connectivity index (χ0v) is 20.9. The van der Waals surface area contributed by atoms with Crippen molar-refractivity contribution in [3.8, 4) is 11.5 Å². The van der Waals surface area contributed by atoms with Crippen LogP contribution in [0.2, 0.25) is 0 Å². The number of carboxylic acids is 1. The van der Waals surface area contributed by atoms with Crippen molar-refractivity contribution in [1.82, 2.24) is 10.1 Å². The Labute approximate surface area is 215 Å². The number of sulfonamides is 1. The molecule has 3 N–H and O–H groups in total. The first-order chi connectivity index (χ1) is 17.7. The number of benzene rings is 3. The Balaban J connectivity index is 1.45. The summed E-state index contributed by atoms with van der Waals surface area (Å²) in [5, 5.41) is 12.7. The van der Waals surface area contributed by atoms with Gasteiger partial charge in [0.1, 0.15) is 18.1 Å². The van der Waals surface area contributed by atoms with E-state index in [4.69, 9.17) is 14.6 Å². The van der Waals surface area contributed by atoms with Gasteiger partial charge in [-0.05, 0) is 54.4 Å². The SMILES string of the molecule is CC(=NNC(=O)COc1ccc(OCc2ccccc2)cc1)c1ccc(S(=O)(=O)NCCC(=O)O)cc1. The largest absolute Gasteiger partial charge is 0.489 e. The van der Waals surface area contributed by atoms with Crippen molar-refractivity contribution in [2.45, 2.75) is 24.8 Å². The molecule has 37 heavy (non-hydrogen) atoms. The quantitative estimate of drug-likeness (QED) is 0.230. The molecule has 3 aromatic rings. The first-order valence-corrected chi connectivity index (χ1v) is 12.8. The summed E-state index contributed by atoms with van der Waals surface area (Å²) in [6, 6.07) is 22.5. The molecule has 11 heteroatoms. The van der Waals surface area contributed by atoms with E-state index in [2.05, 4.69) is 15.2 Å². The van der Waals surface area contributed by atoms with E-state index < -0.39 is 21.9 Å². The van der Waals surface area contributed by atoms with Crippen molar-refractivity contribution in [2.75, 3.05) is 13.2 Å². The molecule has 0 bridgehead atoms. The number of hydrogen-bond donors (Lipinski definition) is 3. The topological polar surface area (TPSA) is 143 Å². The molecule has 0 unspecified atom stereocenters. The number of aliphatic carboxylic acids is 1. The van der Waals surface area contributed by atoms with Crippen molar-refractivity contribution < 1.29 is 32.6 Å². The van der Waals surface area contributed by atoms with Gasteiger partial charge in [0.25, 0.3) is 5.91 Å². The van der Waals surface area contributed by atoms with Crippen LogP contribution in [0.15, 0.2) is 88.9 Å². The Hall–Kier alpha value is -4.22. The van der Waals surface area contributed by atoms with Crippen molar-refractivity contribution in [2.24, 2.45) is 5.10 Å². The summed E-state index contributed by atoms with van der Waals surface area (Å²) >= 11 is 0. The van der Waals surface area contributed by atoms with Crippen molar-refractivity contribution >= 4 is 27.6 Å². The lowest BCUT2D eigenvalue weighted by Gasteiger charge is -2.09. The van der Waals surface area contributed by atoms with E-state index >= 15 is 0 Å². The highest BCUT2D eigenvalue weighted by Crippen LogP contribution is 2.18. The summed E-state index contributed by atoms with van der Waals surface area (Å²) < 4.78 is 37.8. The van der Waals surface area contributed by atoms with Gasteiger partial charge in [-0.2, -0.15) is 5.10 Å². The van der Waals surface area contributed by atoms with Crippen LogP contribution in [0.5, 0.6) is 11.5 Å². The number of hydrazone groups is 1. The van der Waals surface area contributed by atoms with Gasteiger partial charge in [0, 0.05) is 6.54 Å². The minimum atomic E-state index is -3.82. The van der Waals surface area contributed by atoms with Gasteiger partial charge in [0.2, 0.25) is 10.0 Å². The number of hydrogen-bond acceptors (Lipinski definition) is 7. The van der Waals surface area contributed by atoms with Gasteiger partial charge in [0.15, 0.2) is 6.61 Å². The lowest BCUT2D eigenvalue weighted by atomic mass is 10.1. The van der Waals surface area contributed by atoms with E-state index in [9.17, 15) is 18.0 Å². The van der Waals surface area contributed by atoms with Gasteiger partial charge >= 0.3 is 5.97 Å². The number of carbonyl (C=O) groups excluding carboxylic acids is 1. The van der Waals surface area contributed by atoms with E-state index in [0.29, 0.717) is 29.4 Å². The second-order valence-corrected chi connectivity index (χ2v) is 9.60. The van der Waals surface area contributed by atoms with Gasteiger partial charge in [-0.3, -0.25) is 9.59 Å². The van der Waals surface area contributed by atoms with E-state index in [1.54, 1.807) is 31.2 Å². The van der Waals surface area contributed by atoms with Crippen molar-refractivity contribution in [1.29, 1.82) is 0 Å². The third-order valence-corrected chi connectivity index (χ3v) is 6.48. The van der Waals surface area contributed by atoms with Crippen molar-refractivity contribution in [3.05, 3.63) is 90.0 Å². The molecule has 0 aromatic heterocycles. The van der Waals surface area contributed by atoms with E-state index in [-0.39, 0.29) is 24.5 Å². The average molecular weight is 526 g/mol. The maximum Gasteiger partial charge on any atom is 0.304 e. The normalized spacial score (nSPS) is 11.5. The number of carbonyl (C=O) groups is 2. The first kappa shape index (κ1) is 27.4. The maximum atomic E-state index is 12.2. The fourth-order valence-corrected chi connectivity index (χ4v) is 4.05. The highest BCUT2D eigenvalue weighted by Gasteiger charge is 2.14. The van der Waals surface area contributed by atoms with E-state index in [1.165, 1.54) is 24.3 Å². The summed E-state index contributed by atoms with van der Waals surface area (Å²) in [6.45, 7) is 1.65. The fraction of sp³-hybridized carbons (Fsp3) is 0.192. The van der Waals surface area contributed by atoms with Crippen LogP contribution in [0.3, 0.4) is 0 Å². The molecule has 3 aromatic carbocycles. The molecule has 0 atom stereocenters. The van der Waals surface area contributed by atoms with Crippen LogP contribution >= 0.6 is 0 Å². The number of nitrogens with one attached hydrogen (secondary N) is 2. The van der Waals surface area contributed by atoms with Crippen LogP contribution in [0.4, 0.5) is 0 Å². The molecular weight excluding hydrogens is 498 g/mol. The Morgan fingerprint density at radius 2 is 1.51 bits per heavy atom. The predicted octanol–water partition coefficient (Wildman–Crippen LogP) is 2.94. The second-order valence-electron chi connectivity index (χ2n) is 7.83. The molecule has 10 nitrogen and oxygen atoms in total. The highest BCUT2D eigenvalue weighted by molar-refractivity contribution is 7.89. The van der Waals surface area contributed by atoms with E-state index in [1.807, 2.05) is 30.3 Å². The number of nitrogens with zero attached hydrogens (tertiary/aromatic N) is 1. The molecule has 194 valence electrons. The van der Waals surface area contributed by atoms with Crippen LogP contribution in [-0.2, 0) is 26.2 Å². The number of ether oxygens (including phenoxy) is 2. The second kappa shape index (κ2) is 13.2. The number of amides is 1. The number of carboxylic acid groups (broad SMARTS) is 1. The minimum Gasteiger partial charge on any atom is -0.489 e. The predicted molar refractivity (Wildman–Crippen MR) is 137 cm³/mol. The standard InChI is InChI=1S/C26H27N3O7S/c1-19(21-7-13-24(14-8-21)37(33,34)27-16-15-26(31)32)28-29-25(30)18-36-23-11-9-22(10-12-23)35-17-20-5-3-2-4-6-20/h2-14,27H,15-18H2,1H3,(H,29,30)(H,31,32). The molecule has 1 amide bonds. The fourth-order valence-electron chi connectivity index (χ4n) is 3.02. The van der Waals surface area contributed by atoms with Crippen LogP contribution in [-0.4, -0.2) is 44.3 Å². The van der Waals surface area contributed by atoms with E-state index in [0.717, 1.165) is 5.56 Å². The Morgan fingerprint density at radius 3 is 2.14 bits per heavy atom. The van der Waals surface area contributed by atoms with Gasteiger partial charge in [0.05, 0.1) is 17.0 Å². The summed E-state index contributed by atoms with van der Waals surface area (Å²) in [4.78, 5) is 22.7. The third kappa shape index (κ3) is 9.06. The Kier molecular flexibility index (Phi) is 9.76. The molecule has 0 spiro atoms. The lowest BCUT2D eigenvalue weighted by Crippen LogP contribution is -2.26. The first-order valence-electron chi connectivity index (χ1n) is 11.3. The van der Waals surface area contributed by atoms with Crippen LogP contribution in [0, 0.1) is 0 Å². The minimum absolute atomic E-state index is 0.0108. The smallest absolute Gasteiger partial charge is 0.304 e. The maximum absolute atomic E-state index is 12.2. The molecular formula is C26H27N3O7S. The van der Waals surface area contributed by atoms with Crippen molar-refractivity contribution in [3.63, 3.8) is 0 Å². The summed E-state index contributed by atoms with van der Waals surface area (Å²) in [7, 11) is -3.82. The van der Waals surface area contributed by atoms with Gasteiger partial charge < -0.3 is 14.6 Å². The molecule has 0 radical (unpaired) electrons. The summed E-state index contributed by atoms with van der Waals surface area (Å²) in [5.41, 5.74) is 4.50. The van der Waals surface area contributed by atoms with Crippen LogP contribution in [0.1, 0.15) is 24.5 Å². The molecule has 3 rings (SSSR count). The molecule has 0 heterocycles. The molecule has 0 saturated heterocycles. The molecule has 0 aliphatic carbocycles. The Bertz CT molecular complexity index is 1320. The van der Waals surface area contributed by atoms with Crippen LogP contribution < -0.4 is 19.6 Å². The average Bonchev–Trinajstić information content (AvgIpc) is 2.90. The monoisotopic (exact) mass is 525 g/mol. The molecule has 0 fully saturated rings. The Morgan fingerprint density at radius 1 is 0.892 bits per heavy atom. The van der Waals surface area contributed by atoms with Gasteiger partial charge in [-0.25, -0.2) is 18.6 Å². The third-order valence-electron chi connectivity index (χ3n) is 5.00. The lowest BCUT2D eigenvalue weighted by molar-refractivity contribution is -0.136. The van der Waals surface area contributed by atoms with Gasteiger partial charge in [-0.15, -0.1) is 0 Å². The molecule has 0 aliphatic heterocycles. The highest BCUT2D eigenvalue weighted by atomic mass is 32.2.